The van der Waals surface area contributed by atoms with Crippen LogP contribution in [0.3, 0.4) is 0 Å². The van der Waals surface area contributed by atoms with Crippen molar-refractivity contribution < 1.29 is 14.6 Å². The third-order valence-electron chi connectivity index (χ3n) is 2.54. The highest BCUT2D eigenvalue weighted by Gasteiger charge is 2.34. The van der Waals surface area contributed by atoms with Crippen molar-refractivity contribution in [2.45, 2.75) is 31.2 Å². The van der Waals surface area contributed by atoms with Crippen molar-refractivity contribution in [1.29, 1.82) is 0 Å². The second-order valence-electron chi connectivity index (χ2n) is 3.63. The van der Waals surface area contributed by atoms with Crippen LogP contribution in [0.2, 0.25) is 0 Å². The molecule has 4 heteroatoms. The zero-order valence-corrected chi connectivity index (χ0v) is 8.01. The quantitative estimate of drug-likeness (QED) is 0.654. The summed E-state index contributed by atoms with van der Waals surface area (Å²) in [5.41, 5.74) is -0.365. The molecule has 0 radical (unpaired) electrons. The molecule has 0 heterocycles. The first-order valence-corrected chi connectivity index (χ1v) is 4.63. The van der Waals surface area contributed by atoms with E-state index in [0.717, 1.165) is 25.7 Å². The number of hydrogen-bond donors (Lipinski definition) is 2. The number of nitrogens with one attached hydrogen (secondary N) is 1. The molecule has 1 aliphatic rings. The van der Waals surface area contributed by atoms with Crippen LogP contribution in [0.1, 0.15) is 25.7 Å². The van der Waals surface area contributed by atoms with Gasteiger partial charge >= 0.3 is 0 Å². The van der Waals surface area contributed by atoms with Gasteiger partial charge in [-0.2, -0.15) is 0 Å². The van der Waals surface area contributed by atoms with Crippen LogP contribution in [0.5, 0.6) is 0 Å². The summed E-state index contributed by atoms with van der Waals surface area (Å²) in [6.45, 7) is 0.101. The standard InChI is InChI=1S/C9H17NO3/c1-13-6-8(12)10-9(7-11)4-2-3-5-9/h11H,2-7H2,1H3,(H,10,12). The lowest BCUT2D eigenvalue weighted by Gasteiger charge is -2.27. The number of aliphatic hydroxyl groups is 1. The van der Waals surface area contributed by atoms with E-state index in [4.69, 9.17) is 4.74 Å². The van der Waals surface area contributed by atoms with Crippen molar-refractivity contribution in [3.05, 3.63) is 0 Å². The minimum Gasteiger partial charge on any atom is -0.394 e. The number of amides is 1. The summed E-state index contributed by atoms with van der Waals surface area (Å²) < 4.78 is 4.71. The average molecular weight is 187 g/mol. The maximum atomic E-state index is 11.2. The first kappa shape index (κ1) is 10.5. The number of aliphatic hydroxyl groups excluding tert-OH is 1. The van der Waals surface area contributed by atoms with E-state index < -0.39 is 0 Å². The summed E-state index contributed by atoms with van der Waals surface area (Å²) in [5.74, 6) is -0.140. The summed E-state index contributed by atoms with van der Waals surface area (Å²) in [7, 11) is 1.49. The molecule has 1 amide bonds. The summed E-state index contributed by atoms with van der Waals surface area (Å²) >= 11 is 0. The lowest BCUT2D eigenvalue weighted by molar-refractivity contribution is -0.127. The van der Waals surface area contributed by atoms with Gasteiger partial charge in [0.25, 0.3) is 0 Å². The van der Waals surface area contributed by atoms with Crippen LogP contribution in [0, 0.1) is 0 Å². The molecule has 0 aromatic rings. The Morgan fingerprint density at radius 3 is 2.62 bits per heavy atom. The molecule has 1 rings (SSSR count). The maximum Gasteiger partial charge on any atom is 0.246 e. The van der Waals surface area contributed by atoms with Crippen molar-refractivity contribution in [3.8, 4) is 0 Å². The molecule has 2 N–H and O–H groups in total. The van der Waals surface area contributed by atoms with E-state index in [2.05, 4.69) is 5.32 Å². The van der Waals surface area contributed by atoms with Gasteiger partial charge in [0.2, 0.25) is 5.91 Å². The number of hydrogen-bond acceptors (Lipinski definition) is 3. The van der Waals surface area contributed by atoms with Gasteiger partial charge < -0.3 is 15.2 Å². The highest BCUT2D eigenvalue weighted by Crippen LogP contribution is 2.28. The van der Waals surface area contributed by atoms with Crippen molar-refractivity contribution >= 4 is 5.91 Å². The monoisotopic (exact) mass is 187 g/mol. The van der Waals surface area contributed by atoms with Crippen LogP contribution in [-0.4, -0.2) is 36.9 Å². The highest BCUT2D eigenvalue weighted by atomic mass is 16.5. The Morgan fingerprint density at radius 1 is 1.54 bits per heavy atom. The van der Waals surface area contributed by atoms with Gasteiger partial charge in [0.15, 0.2) is 0 Å². The Labute approximate surface area is 78.3 Å². The Hall–Kier alpha value is -0.610. The zero-order chi connectivity index (χ0) is 9.73. The molecule has 0 atom stereocenters. The van der Waals surface area contributed by atoms with E-state index in [0.29, 0.717) is 0 Å². The summed E-state index contributed by atoms with van der Waals surface area (Å²) in [6, 6.07) is 0. The van der Waals surface area contributed by atoms with Gasteiger partial charge in [-0.05, 0) is 12.8 Å². The number of carbonyl (C=O) groups excluding carboxylic acids is 1. The second-order valence-corrected chi connectivity index (χ2v) is 3.63. The van der Waals surface area contributed by atoms with Crippen molar-refractivity contribution in [2.75, 3.05) is 20.3 Å². The van der Waals surface area contributed by atoms with Crippen LogP contribution in [0.15, 0.2) is 0 Å². The third kappa shape index (κ3) is 2.67. The Bertz CT molecular complexity index is 176. The molecule has 1 fully saturated rings. The van der Waals surface area contributed by atoms with Crippen LogP contribution in [0.4, 0.5) is 0 Å². The molecule has 0 aromatic heterocycles. The smallest absolute Gasteiger partial charge is 0.246 e. The van der Waals surface area contributed by atoms with Crippen LogP contribution in [0.25, 0.3) is 0 Å². The molecule has 0 saturated heterocycles. The first-order chi connectivity index (χ1) is 6.22. The van der Waals surface area contributed by atoms with E-state index in [9.17, 15) is 9.90 Å². The predicted molar refractivity (Wildman–Crippen MR) is 48.3 cm³/mol. The number of ether oxygens (including phenoxy) is 1. The molecule has 1 aliphatic carbocycles. The van der Waals surface area contributed by atoms with Crippen molar-refractivity contribution in [2.24, 2.45) is 0 Å². The van der Waals surface area contributed by atoms with Crippen LogP contribution >= 0.6 is 0 Å². The third-order valence-corrected chi connectivity index (χ3v) is 2.54. The molecule has 4 nitrogen and oxygen atoms in total. The molecular weight excluding hydrogens is 170 g/mol. The maximum absolute atomic E-state index is 11.2. The van der Waals surface area contributed by atoms with Gasteiger partial charge in [-0.25, -0.2) is 0 Å². The van der Waals surface area contributed by atoms with Crippen LogP contribution < -0.4 is 5.32 Å². The summed E-state index contributed by atoms with van der Waals surface area (Å²) in [5, 5.41) is 12.0. The van der Waals surface area contributed by atoms with E-state index in [1.165, 1.54) is 7.11 Å². The summed E-state index contributed by atoms with van der Waals surface area (Å²) in [4.78, 5) is 11.2. The summed E-state index contributed by atoms with van der Waals surface area (Å²) in [6.07, 6.45) is 3.90. The molecule has 0 spiro atoms. The molecule has 0 unspecified atom stereocenters. The van der Waals surface area contributed by atoms with Crippen LogP contribution in [-0.2, 0) is 9.53 Å². The largest absolute Gasteiger partial charge is 0.394 e. The molecule has 0 bridgehead atoms. The normalized spacial score (nSPS) is 20.2. The van der Waals surface area contributed by atoms with Crippen molar-refractivity contribution in [3.63, 3.8) is 0 Å². The van der Waals surface area contributed by atoms with E-state index in [1.54, 1.807) is 0 Å². The van der Waals surface area contributed by atoms with E-state index in [1.807, 2.05) is 0 Å². The number of methoxy groups -OCH3 is 1. The highest BCUT2D eigenvalue weighted by molar-refractivity contribution is 5.78. The Balaban J connectivity index is 2.43. The van der Waals surface area contributed by atoms with Crippen molar-refractivity contribution in [1.82, 2.24) is 5.32 Å². The number of carbonyl (C=O) groups is 1. The fourth-order valence-electron chi connectivity index (χ4n) is 1.84. The topological polar surface area (TPSA) is 58.6 Å². The molecule has 76 valence electrons. The fourth-order valence-corrected chi connectivity index (χ4v) is 1.84. The predicted octanol–water partition coefficient (Wildman–Crippen LogP) is 0.0541. The van der Waals surface area contributed by atoms with Gasteiger partial charge in [-0.1, -0.05) is 12.8 Å². The first-order valence-electron chi connectivity index (χ1n) is 4.63. The van der Waals surface area contributed by atoms with E-state index in [-0.39, 0.29) is 24.7 Å². The molecule has 0 aliphatic heterocycles. The fraction of sp³-hybridized carbons (Fsp3) is 0.889. The lowest BCUT2D eigenvalue weighted by Crippen LogP contribution is -2.50. The van der Waals surface area contributed by atoms with Gasteiger partial charge in [-0.3, -0.25) is 4.79 Å². The second kappa shape index (κ2) is 4.58. The minimum absolute atomic E-state index is 0.0302. The van der Waals surface area contributed by atoms with E-state index >= 15 is 0 Å². The molecule has 0 aromatic carbocycles. The molecule has 1 saturated carbocycles. The average Bonchev–Trinajstić information content (AvgIpc) is 2.54. The van der Waals surface area contributed by atoms with Gasteiger partial charge in [0.1, 0.15) is 6.61 Å². The van der Waals surface area contributed by atoms with Gasteiger partial charge in [0.05, 0.1) is 12.1 Å². The molecule has 13 heavy (non-hydrogen) atoms. The Kier molecular flexibility index (Phi) is 3.69. The Morgan fingerprint density at radius 2 is 2.15 bits per heavy atom. The minimum atomic E-state index is -0.365. The lowest BCUT2D eigenvalue weighted by atomic mass is 9.99. The van der Waals surface area contributed by atoms with Gasteiger partial charge in [0, 0.05) is 7.11 Å². The zero-order valence-electron chi connectivity index (χ0n) is 8.01. The van der Waals surface area contributed by atoms with Gasteiger partial charge in [-0.15, -0.1) is 0 Å². The number of rotatable bonds is 4. The molecular formula is C9H17NO3. The SMILES string of the molecule is COCC(=O)NC1(CO)CCCC1.